The first-order valence-electron chi connectivity index (χ1n) is 7.50. The molecule has 0 saturated carbocycles. The average molecular weight is 298 g/mol. The van der Waals surface area contributed by atoms with Crippen molar-refractivity contribution in [1.82, 2.24) is 15.5 Å². The number of anilines is 2. The molecule has 5 heteroatoms. The minimum absolute atomic E-state index is 0.0772. The van der Waals surface area contributed by atoms with Crippen LogP contribution in [-0.2, 0) is 0 Å². The number of carbonyl (C=O) groups excluding carboxylic acids is 1. The predicted octanol–water partition coefficient (Wildman–Crippen LogP) is 3.08. The van der Waals surface area contributed by atoms with Crippen LogP contribution in [0.2, 0.25) is 0 Å². The summed E-state index contributed by atoms with van der Waals surface area (Å²) in [4.78, 5) is 14.0. The standard InChI is InChI=1S/C17H22N4O/c1-5-21(14-8-6-7-13(4)11-14)16-10-9-15(19-20-16)17(22)18-12(2)3/h6-12H,5H2,1-4H3,(H,18,22). The van der Waals surface area contributed by atoms with Crippen LogP contribution < -0.4 is 10.2 Å². The van der Waals surface area contributed by atoms with Crippen molar-refractivity contribution in [3.63, 3.8) is 0 Å². The highest BCUT2D eigenvalue weighted by molar-refractivity contribution is 5.92. The molecule has 0 spiro atoms. The lowest BCUT2D eigenvalue weighted by Gasteiger charge is -2.22. The van der Waals surface area contributed by atoms with Gasteiger partial charge < -0.3 is 10.2 Å². The van der Waals surface area contributed by atoms with Gasteiger partial charge in [0.15, 0.2) is 11.5 Å². The number of nitrogens with zero attached hydrogens (tertiary/aromatic N) is 3. The van der Waals surface area contributed by atoms with Crippen LogP contribution in [0.1, 0.15) is 36.8 Å². The van der Waals surface area contributed by atoms with Gasteiger partial charge in [0.2, 0.25) is 0 Å². The van der Waals surface area contributed by atoms with Crippen LogP contribution in [0.3, 0.4) is 0 Å². The molecule has 1 aromatic heterocycles. The zero-order valence-electron chi connectivity index (χ0n) is 13.5. The molecule has 0 saturated heterocycles. The van der Waals surface area contributed by atoms with Crippen molar-refractivity contribution in [1.29, 1.82) is 0 Å². The zero-order chi connectivity index (χ0) is 16.1. The molecule has 1 amide bonds. The summed E-state index contributed by atoms with van der Waals surface area (Å²) in [6.07, 6.45) is 0. The second-order valence-corrected chi connectivity index (χ2v) is 5.49. The van der Waals surface area contributed by atoms with Crippen LogP contribution in [0.25, 0.3) is 0 Å². The molecular weight excluding hydrogens is 276 g/mol. The third kappa shape index (κ3) is 3.81. The normalized spacial score (nSPS) is 10.6. The van der Waals surface area contributed by atoms with Crippen LogP contribution in [0.15, 0.2) is 36.4 Å². The molecule has 0 atom stereocenters. The molecule has 0 fully saturated rings. The van der Waals surface area contributed by atoms with Gasteiger partial charge in [-0.2, -0.15) is 0 Å². The fourth-order valence-electron chi connectivity index (χ4n) is 2.20. The minimum atomic E-state index is -0.201. The van der Waals surface area contributed by atoms with Crippen LogP contribution in [-0.4, -0.2) is 28.7 Å². The number of carbonyl (C=O) groups is 1. The Kier molecular flexibility index (Phi) is 5.09. The highest BCUT2D eigenvalue weighted by atomic mass is 16.2. The maximum Gasteiger partial charge on any atom is 0.271 e. The molecule has 0 radical (unpaired) electrons. The molecule has 5 nitrogen and oxygen atoms in total. The van der Waals surface area contributed by atoms with Crippen molar-refractivity contribution in [3.8, 4) is 0 Å². The van der Waals surface area contributed by atoms with E-state index in [1.54, 1.807) is 6.07 Å². The van der Waals surface area contributed by atoms with Crippen molar-refractivity contribution in [3.05, 3.63) is 47.7 Å². The van der Waals surface area contributed by atoms with Gasteiger partial charge in [0.05, 0.1) is 0 Å². The summed E-state index contributed by atoms with van der Waals surface area (Å²) in [5.41, 5.74) is 2.59. The number of benzene rings is 1. The van der Waals surface area contributed by atoms with Gasteiger partial charge in [-0.1, -0.05) is 12.1 Å². The number of aromatic nitrogens is 2. The van der Waals surface area contributed by atoms with E-state index in [2.05, 4.69) is 46.4 Å². The van der Waals surface area contributed by atoms with Gasteiger partial charge in [-0.3, -0.25) is 4.79 Å². The minimum Gasteiger partial charge on any atom is -0.348 e. The molecule has 0 unspecified atom stereocenters. The van der Waals surface area contributed by atoms with E-state index in [0.717, 1.165) is 18.1 Å². The van der Waals surface area contributed by atoms with E-state index < -0.39 is 0 Å². The number of amides is 1. The maximum absolute atomic E-state index is 11.9. The maximum atomic E-state index is 11.9. The molecule has 0 aliphatic heterocycles. The SMILES string of the molecule is CCN(c1cccc(C)c1)c1ccc(C(=O)NC(C)C)nn1. The molecule has 1 N–H and O–H groups in total. The molecule has 116 valence electrons. The number of rotatable bonds is 5. The van der Waals surface area contributed by atoms with Gasteiger partial charge in [0, 0.05) is 18.3 Å². The van der Waals surface area contributed by atoms with Crippen LogP contribution in [0.5, 0.6) is 0 Å². The van der Waals surface area contributed by atoms with E-state index in [1.165, 1.54) is 5.56 Å². The molecular formula is C17H22N4O. The Labute approximate surface area is 131 Å². The Balaban J connectivity index is 2.22. The fraction of sp³-hybridized carbons (Fsp3) is 0.353. The van der Waals surface area contributed by atoms with E-state index in [9.17, 15) is 4.79 Å². The van der Waals surface area contributed by atoms with Crippen LogP contribution >= 0.6 is 0 Å². The van der Waals surface area contributed by atoms with Crippen molar-refractivity contribution < 1.29 is 4.79 Å². The molecule has 2 rings (SSSR count). The smallest absolute Gasteiger partial charge is 0.271 e. The number of hydrogen-bond acceptors (Lipinski definition) is 4. The van der Waals surface area contributed by atoms with Gasteiger partial charge in [0.25, 0.3) is 5.91 Å². The zero-order valence-corrected chi connectivity index (χ0v) is 13.5. The Morgan fingerprint density at radius 1 is 1.23 bits per heavy atom. The molecule has 22 heavy (non-hydrogen) atoms. The number of aryl methyl sites for hydroxylation is 1. The molecule has 1 heterocycles. The second kappa shape index (κ2) is 7.02. The van der Waals surface area contributed by atoms with Gasteiger partial charge in [0.1, 0.15) is 0 Å². The third-order valence-corrected chi connectivity index (χ3v) is 3.21. The van der Waals surface area contributed by atoms with E-state index in [1.807, 2.05) is 32.0 Å². The first kappa shape index (κ1) is 15.9. The Bertz CT molecular complexity index is 637. The van der Waals surface area contributed by atoms with E-state index in [0.29, 0.717) is 5.69 Å². The molecule has 2 aromatic rings. The lowest BCUT2D eigenvalue weighted by atomic mass is 10.2. The van der Waals surface area contributed by atoms with Crippen molar-refractivity contribution in [2.75, 3.05) is 11.4 Å². The first-order valence-corrected chi connectivity index (χ1v) is 7.50. The molecule has 1 aromatic carbocycles. The third-order valence-electron chi connectivity index (χ3n) is 3.21. The second-order valence-electron chi connectivity index (χ2n) is 5.49. The number of hydrogen-bond donors (Lipinski definition) is 1. The lowest BCUT2D eigenvalue weighted by Crippen LogP contribution is -2.31. The van der Waals surface area contributed by atoms with Crippen LogP contribution in [0, 0.1) is 6.92 Å². The lowest BCUT2D eigenvalue weighted by molar-refractivity contribution is 0.0937. The summed E-state index contributed by atoms with van der Waals surface area (Å²) >= 11 is 0. The van der Waals surface area contributed by atoms with Gasteiger partial charge in [-0.25, -0.2) is 0 Å². The fourth-order valence-corrected chi connectivity index (χ4v) is 2.20. The monoisotopic (exact) mass is 298 g/mol. The Morgan fingerprint density at radius 3 is 2.55 bits per heavy atom. The molecule has 0 aliphatic rings. The first-order chi connectivity index (χ1) is 10.5. The van der Waals surface area contributed by atoms with Gasteiger partial charge >= 0.3 is 0 Å². The van der Waals surface area contributed by atoms with Crippen LogP contribution in [0.4, 0.5) is 11.5 Å². The van der Waals surface area contributed by atoms with Crippen molar-refractivity contribution >= 4 is 17.4 Å². The summed E-state index contributed by atoms with van der Waals surface area (Å²) in [5, 5.41) is 11.0. The summed E-state index contributed by atoms with van der Waals surface area (Å²) in [5.74, 6) is 0.529. The molecule has 0 bridgehead atoms. The van der Waals surface area contributed by atoms with Crippen molar-refractivity contribution in [2.24, 2.45) is 0 Å². The summed E-state index contributed by atoms with van der Waals surface area (Å²) in [6.45, 7) is 8.72. The predicted molar refractivity (Wildman–Crippen MR) is 88.5 cm³/mol. The quantitative estimate of drug-likeness (QED) is 0.921. The topological polar surface area (TPSA) is 58.1 Å². The summed E-state index contributed by atoms with van der Waals surface area (Å²) < 4.78 is 0. The average Bonchev–Trinajstić information content (AvgIpc) is 2.48. The van der Waals surface area contributed by atoms with Gasteiger partial charge in [-0.15, -0.1) is 10.2 Å². The highest BCUT2D eigenvalue weighted by Crippen LogP contribution is 2.23. The van der Waals surface area contributed by atoms with E-state index in [4.69, 9.17) is 0 Å². The van der Waals surface area contributed by atoms with Crippen molar-refractivity contribution in [2.45, 2.75) is 33.7 Å². The Hall–Kier alpha value is -2.43. The highest BCUT2D eigenvalue weighted by Gasteiger charge is 2.13. The summed E-state index contributed by atoms with van der Waals surface area (Å²) in [6, 6.07) is 11.8. The van der Waals surface area contributed by atoms with E-state index >= 15 is 0 Å². The van der Waals surface area contributed by atoms with E-state index in [-0.39, 0.29) is 11.9 Å². The van der Waals surface area contributed by atoms with Gasteiger partial charge in [-0.05, 0) is 57.5 Å². The largest absolute Gasteiger partial charge is 0.348 e. The summed E-state index contributed by atoms with van der Waals surface area (Å²) in [7, 11) is 0. The molecule has 0 aliphatic carbocycles. The Morgan fingerprint density at radius 2 is 2.00 bits per heavy atom. The number of nitrogens with one attached hydrogen (secondary N) is 1.